The molecule has 1 heterocycles. The van der Waals surface area contributed by atoms with E-state index in [2.05, 4.69) is 17.6 Å². The van der Waals surface area contributed by atoms with Crippen LogP contribution in [0, 0.1) is 5.92 Å². The van der Waals surface area contributed by atoms with Crippen LogP contribution in [0.5, 0.6) is 0 Å². The monoisotopic (exact) mass is 168 g/mol. The third-order valence-electron chi connectivity index (χ3n) is 3.17. The van der Waals surface area contributed by atoms with Gasteiger partial charge in [-0.25, -0.2) is 0 Å². The van der Waals surface area contributed by atoms with E-state index in [1.54, 1.807) is 0 Å². The van der Waals surface area contributed by atoms with Crippen LogP contribution in [0.15, 0.2) is 0 Å². The fraction of sp³-hybridized carbons (Fsp3) is 1.00. The number of nitrogens with one attached hydrogen (secondary N) is 2. The zero-order valence-corrected chi connectivity index (χ0v) is 7.97. The highest BCUT2D eigenvalue weighted by Crippen LogP contribution is 2.23. The third kappa shape index (κ3) is 2.20. The Kier molecular flexibility index (Phi) is 2.66. The van der Waals surface area contributed by atoms with Crippen molar-refractivity contribution in [3.8, 4) is 0 Å². The van der Waals surface area contributed by atoms with Gasteiger partial charge in [-0.3, -0.25) is 0 Å². The van der Waals surface area contributed by atoms with E-state index in [-0.39, 0.29) is 0 Å². The summed E-state index contributed by atoms with van der Waals surface area (Å²) in [7, 11) is 0. The molecule has 70 valence electrons. The maximum atomic E-state index is 3.70. The predicted molar refractivity (Wildman–Crippen MR) is 51.2 cm³/mol. The fourth-order valence-corrected chi connectivity index (χ4v) is 2.10. The molecule has 1 aliphatic heterocycles. The van der Waals surface area contributed by atoms with E-state index in [4.69, 9.17) is 0 Å². The quantitative estimate of drug-likeness (QED) is 0.660. The number of piperidine rings is 1. The number of hydrogen-bond acceptors (Lipinski definition) is 2. The third-order valence-corrected chi connectivity index (χ3v) is 3.17. The minimum absolute atomic E-state index is 0.750. The molecule has 0 aromatic rings. The maximum absolute atomic E-state index is 3.70. The zero-order chi connectivity index (χ0) is 8.39. The van der Waals surface area contributed by atoms with Gasteiger partial charge in [-0.2, -0.15) is 0 Å². The van der Waals surface area contributed by atoms with Crippen molar-refractivity contribution in [3.05, 3.63) is 0 Å². The highest BCUT2D eigenvalue weighted by Gasteiger charge is 2.27. The molecule has 0 amide bonds. The van der Waals surface area contributed by atoms with E-state index in [0.717, 1.165) is 18.0 Å². The Balaban J connectivity index is 1.72. The van der Waals surface area contributed by atoms with Crippen molar-refractivity contribution in [2.45, 2.75) is 44.7 Å². The lowest BCUT2D eigenvalue weighted by atomic mass is 9.91. The second-order valence-electron chi connectivity index (χ2n) is 4.32. The molecule has 2 heteroatoms. The van der Waals surface area contributed by atoms with Crippen LogP contribution in [-0.4, -0.2) is 25.2 Å². The van der Waals surface area contributed by atoms with E-state index in [0.29, 0.717) is 0 Å². The molecule has 0 aromatic heterocycles. The number of rotatable bonds is 3. The van der Waals surface area contributed by atoms with Crippen molar-refractivity contribution in [1.29, 1.82) is 0 Å². The lowest BCUT2D eigenvalue weighted by Crippen LogP contribution is -2.40. The Morgan fingerprint density at radius 1 is 1.17 bits per heavy atom. The summed E-state index contributed by atoms with van der Waals surface area (Å²) in [4.78, 5) is 0. The first-order valence-electron chi connectivity index (χ1n) is 5.33. The highest BCUT2D eigenvalue weighted by atomic mass is 15.0. The topological polar surface area (TPSA) is 24.1 Å². The van der Waals surface area contributed by atoms with E-state index < -0.39 is 0 Å². The van der Waals surface area contributed by atoms with Gasteiger partial charge in [0.05, 0.1) is 0 Å². The molecule has 0 bridgehead atoms. The highest BCUT2D eigenvalue weighted by molar-refractivity contribution is 4.87. The predicted octanol–water partition coefficient (Wildman–Crippen LogP) is 1.13. The van der Waals surface area contributed by atoms with E-state index in [1.807, 2.05) is 0 Å². The van der Waals surface area contributed by atoms with Crippen LogP contribution in [0.4, 0.5) is 0 Å². The van der Waals surface area contributed by atoms with E-state index in [1.165, 1.54) is 38.8 Å². The summed E-state index contributed by atoms with van der Waals surface area (Å²) in [6.45, 7) is 4.80. The minimum Gasteiger partial charge on any atom is -0.317 e. The Labute approximate surface area is 75.1 Å². The Hall–Kier alpha value is -0.0800. The fourth-order valence-electron chi connectivity index (χ4n) is 2.10. The average Bonchev–Trinajstić information content (AvgIpc) is 2.90. The molecule has 1 aliphatic carbocycles. The lowest BCUT2D eigenvalue weighted by molar-refractivity contribution is 0.292. The van der Waals surface area contributed by atoms with Gasteiger partial charge in [0, 0.05) is 12.1 Å². The molecule has 0 radical (unpaired) electrons. The van der Waals surface area contributed by atoms with Crippen molar-refractivity contribution in [3.63, 3.8) is 0 Å². The van der Waals surface area contributed by atoms with Crippen LogP contribution >= 0.6 is 0 Å². The molecular weight excluding hydrogens is 148 g/mol. The molecule has 1 unspecified atom stereocenters. The maximum Gasteiger partial charge on any atom is 0.00708 e. The zero-order valence-electron chi connectivity index (χ0n) is 7.97. The van der Waals surface area contributed by atoms with Gasteiger partial charge in [-0.15, -0.1) is 0 Å². The van der Waals surface area contributed by atoms with Crippen molar-refractivity contribution >= 4 is 0 Å². The van der Waals surface area contributed by atoms with Crippen molar-refractivity contribution < 1.29 is 0 Å². The van der Waals surface area contributed by atoms with Gasteiger partial charge in [-0.05, 0) is 51.6 Å². The normalized spacial score (nSPS) is 28.8. The van der Waals surface area contributed by atoms with Gasteiger partial charge in [0.25, 0.3) is 0 Å². The second kappa shape index (κ2) is 3.75. The van der Waals surface area contributed by atoms with Crippen molar-refractivity contribution in [2.75, 3.05) is 13.1 Å². The Morgan fingerprint density at radius 2 is 1.83 bits per heavy atom. The second-order valence-corrected chi connectivity index (χ2v) is 4.32. The van der Waals surface area contributed by atoms with E-state index in [9.17, 15) is 0 Å². The van der Waals surface area contributed by atoms with Gasteiger partial charge in [0.15, 0.2) is 0 Å². The van der Waals surface area contributed by atoms with Crippen LogP contribution in [0.1, 0.15) is 32.6 Å². The molecule has 2 aliphatic rings. The van der Waals surface area contributed by atoms with Crippen LogP contribution in [0.2, 0.25) is 0 Å². The standard InChI is InChI=1S/C10H20N2/c1-8(12-10-2-3-10)9-4-6-11-7-5-9/h8-12H,2-7H2,1H3. The first kappa shape index (κ1) is 8.52. The molecule has 2 rings (SSSR count). The molecule has 1 saturated carbocycles. The SMILES string of the molecule is CC(NC1CC1)C1CCNCC1. The first-order valence-corrected chi connectivity index (χ1v) is 5.33. The summed E-state index contributed by atoms with van der Waals surface area (Å²) in [5.41, 5.74) is 0. The Bertz CT molecular complexity index is 137. The van der Waals surface area contributed by atoms with Gasteiger partial charge >= 0.3 is 0 Å². The van der Waals surface area contributed by atoms with Crippen molar-refractivity contribution in [1.82, 2.24) is 10.6 Å². The largest absolute Gasteiger partial charge is 0.317 e. The van der Waals surface area contributed by atoms with Crippen molar-refractivity contribution in [2.24, 2.45) is 5.92 Å². The molecule has 2 fully saturated rings. The van der Waals surface area contributed by atoms with Crippen LogP contribution in [-0.2, 0) is 0 Å². The Morgan fingerprint density at radius 3 is 2.42 bits per heavy atom. The lowest BCUT2D eigenvalue weighted by Gasteiger charge is -2.28. The molecule has 0 spiro atoms. The van der Waals surface area contributed by atoms with Crippen LogP contribution < -0.4 is 10.6 Å². The first-order chi connectivity index (χ1) is 5.86. The van der Waals surface area contributed by atoms with E-state index >= 15 is 0 Å². The molecule has 1 atom stereocenters. The van der Waals surface area contributed by atoms with Gasteiger partial charge < -0.3 is 10.6 Å². The van der Waals surface area contributed by atoms with Gasteiger partial charge in [0.1, 0.15) is 0 Å². The molecule has 0 aromatic carbocycles. The van der Waals surface area contributed by atoms with Crippen LogP contribution in [0.25, 0.3) is 0 Å². The molecule has 2 N–H and O–H groups in total. The summed E-state index contributed by atoms with van der Waals surface area (Å²) in [5.74, 6) is 0.923. The molecule has 1 saturated heterocycles. The summed E-state index contributed by atoms with van der Waals surface area (Å²) in [6.07, 6.45) is 5.55. The molecular formula is C10H20N2. The van der Waals surface area contributed by atoms with Crippen LogP contribution in [0.3, 0.4) is 0 Å². The summed E-state index contributed by atoms with van der Waals surface area (Å²) in [5, 5.41) is 7.11. The van der Waals surface area contributed by atoms with Gasteiger partial charge in [-0.1, -0.05) is 0 Å². The smallest absolute Gasteiger partial charge is 0.00708 e. The summed E-state index contributed by atoms with van der Waals surface area (Å²) in [6, 6.07) is 1.62. The number of hydrogen-bond donors (Lipinski definition) is 2. The average molecular weight is 168 g/mol. The van der Waals surface area contributed by atoms with Gasteiger partial charge in [0.2, 0.25) is 0 Å². The minimum atomic E-state index is 0.750. The molecule has 12 heavy (non-hydrogen) atoms. The summed E-state index contributed by atoms with van der Waals surface area (Å²) < 4.78 is 0. The molecule has 2 nitrogen and oxygen atoms in total. The summed E-state index contributed by atoms with van der Waals surface area (Å²) >= 11 is 0.